The summed E-state index contributed by atoms with van der Waals surface area (Å²) in [5.41, 5.74) is 1.07. The molecule has 1 aromatic rings. The van der Waals surface area contributed by atoms with E-state index < -0.39 is 17.1 Å². The fourth-order valence-electron chi connectivity index (χ4n) is 2.47. The standard InChI is InChI=1S/C15H21NO5/c17-14(8-6-12-4-2-1-3-5-12)13(16(18)19)7-9-15-20-10-11-21-15/h1-5,13-15,17H,6-11H2. The third-order valence-electron chi connectivity index (χ3n) is 3.68. The second-order valence-electron chi connectivity index (χ2n) is 5.19. The molecule has 6 heteroatoms. The molecule has 1 fully saturated rings. The van der Waals surface area contributed by atoms with Crippen molar-refractivity contribution in [2.45, 2.75) is 44.1 Å². The van der Waals surface area contributed by atoms with Gasteiger partial charge in [0.05, 0.1) is 13.2 Å². The highest BCUT2D eigenvalue weighted by Crippen LogP contribution is 2.17. The van der Waals surface area contributed by atoms with E-state index in [9.17, 15) is 15.2 Å². The smallest absolute Gasteiger partial charge is 0.238 e. The van der Waals surface area contributed by atoms with Crippen molar-refractivity contribution in [3.8, 4) is 0 Å². The number of benzene rings is 1. The first-order valence-electron chi connectivity index (χ1n) is 7.25. The molecule has 1 N–H and O–H groups in total. The van der Waals surface area contributed by atoms with Crippen molar-refractivity contribution < 1.29 is 19.5 Å². The summed E-state index contributed by atoms with van der Waals surface area (Å²) in [5, 5.41) is 21.2. The first kappa shape index (κ1) is 15.9. The Morgan fingerprint density at radius 2 is 1.90 bits per heavy atom. The highest BCUT2D eigenvalue weighted by atomic mass is 16.7. The van der Waals surface area contributed by atoms with E-state index in [1.165, 1.54) is 0 Å². The van der Waals surface area contributed by atoms with Gasteiger partial charge in [-0.1, -0.05) is 30.3 Å². The number of hydrogen-bond donors (Lipinski definition) is 1. The van der Waals surface area contributed by atoms with Crippen LogP contribution in [0.5, 0.6) is 0 Å². The summed E-state index contributed by atoms with van der Waals surface area (Å²) >= 11 is 0. The number of ether oxygens (including phenoxy) is 2. The predicted molar refractivity (Wildman–Crippen MR) is 76.5 cm³/mol. The number of nitrogens with zero attached hydrogens (tertiary/aromatic N) is 1. The van der Waals surface area contributed by atoms with E-state index in [4.69, 9.17) is 9.47 Å². The monoisotopic (exact) mass is 295 g/mol. The topological polar surface area (TPSA) is 81.8 Å². The Hall–Kier alpha value is -1.50. The van der Waals surface area contributed by atoms with Crippen LogP contribution in [0.15, 0.2) is 30.3 Å². The Labute approximate surface area is 123 Å². The van der Waals surface area contributed by atoms with Crippen LogP contribution in [0.25, 0.3) is 0 Å². The van der Waals surface area contributed by atoms with E-state index in [0.29, 0.717) is 32.5 Å². The van der Waals surface area contributed by atoms with Crippen molar-refractivity contribution in [1.29, 1.82) is 0 Å². The van der Waals surface area contributed by atoms with Crippen molar-refractivity contribution >= 4 is 0 Å². The lowest BCUT2D eigenvalue weighted by atomic mass is 9.99. The summed E-state index contributed by atoms with van der Waals surface area (Å²) < 4.78 is 10.5. The molecule has 1 aromatic carbocycles. The number of rotatable bonds is 8. The summed E-state index contributed by atoms with van der Waals surface area (Å²) in [6.07, 6.45) is 0.377. The SMILES string of the molecule is O=[N+]([O-])C(CCC1OCCO1)C(O)CCc1ccccc1. The minimum absolute atomic E-state index is 0.258. The van der Waals surface area contributed by atoms with Gasteiger partial charge in [0.25, 0.3) is 0 Å². The summed E-state index contributed by atoms with van der Waals surface area (Å²) in [6.45, 7) is 1.06. The van der Waals surface area contributed by atoms with Gasteiger partial charge in [0, 0.05) is 17.8 Å². The van der Waals surface area contributed by atoms with Crippen LogP contribution in [-0.2, 0) is 15.9 Å². The molecule has 0 amide bonds. The largest absolute Gasteiger partial charge is 0.386 e. The molecule has 2 unspecified atom stereocenters. The Bertz CT molecular complexity index is 433. The molecule has 116 valence electrons. The number of hydrogen-bond acceptors (Lipinski definition) is 5. The molecular formula is C15H21NO5. The lowest BCUT2D eigenvalue weighted by molar-refractivity contribution is -0.536. The van der Waals surface area contributed by atoms with Gasteiger partial charge in [0.15, 0.2) is 6.29 Å². The van der Waals surface area contributed by atoms with Crippen LogP contribution in [0.4, 0.5) is 0 Å². The van der Waals surface area contributed by atoms with Crippen LogP contribution >= 0.6 is 0 Å². The molecule has 2 atom stereocenters. The maximum atomic E-state index is 11.1. The molecule has 2 rings (SSSR count). The Morgan fingerprint density at radius 1 is 1.24 bits per heavy atom. The highest BCUT2D eigenvalue weighted by molar-refractivity contribution is 5.14. The zero-order valence-corrected chi connectivity index (χ0v) is 11.9. The van der Waals surface area contributed by atoms with Gasteiger partial charge in [-0.15, -0.1) is 0 Å². The predicted octanol–water partition coefficient (Wildman–Crippen LogP) is 1.78. The van der Waals surface area contributed by atoms with Gasteiger partial charge in [0.2, 0.25) is 6.04 Å². The second-order valence-corrected chi connectivity index (χ2v) is 5.19. The number of aryl methyl sites for hydroxylation is 1. The van der Waals surface area contributed by atoms with Crippen LogP contribution in [0.3, 0.4) is 0 Å². The fourth-order valence-corrected chi connectivity index (χ4v) is 2.47. The number of aliphatic hydroxyl groups is 1. The van der Waals surface area contributed by atoms with Gasteiger partial charge < -0.3 is 14.6 Å². The first-order chi connectivity index (χ1) is 10.2. The molecule has 0 radical (unpaired) electrons. The van der Waals surface area contributed by atoms with Crippen molar-refractivity contribution in [2.24, 2.45) is 0 Å². The van der Waals surface area contributed by atoms with E-state index in [1.807, 2.05) is 30.3 Å². The van der Waals surface area contributed by atoms with E-state index in [0.717, 1.165) is 5.56 Å². The maximum Gasteiger partial charge on any atom is 0.238 e. The van der Waals surface area contributed by atoms with Crippen molar-refractivity contribution in [2.75, 3.05) is 13.2 Å². The lowest BCUT2D eigenvalue weighted by Crippen LogP contribution is -2.35. The molecule has 1 aliphatic heterocycles. The fraction of sp³-hybridized carbons (Fsp3) is 0.600. The average Bonchev–Trinajstić information content (AvgIpc) is 2.99. The summed E-state index contributed by atoms with van der Waals surface area (Å²) in [5.74, 6) is 0. The molecule has 0 bridgehead atoms. The van der Waals surface area contributed by atoms with Gasteiger partial charge in [-0.05, 0) is 18.4 Å². The van der Waals surface area contributed by atoms with Gasteiger partial charge in [0.1, 0.15) is 6.10 Å². The molecular weight excluding hydrogens is 274 g/mol. The normalized spacial score (nSPS) is 18.5. The Morgan fingerprint density at radius 3 is 2.52 bits per heavy atom. The second kappa shape index (κ2) is 8.07. The molecule has 1 heterocycles. The molecule has 0 spiro atoms. The summed E-state index contributed by atoms with van der Waals surface area (Å²) in [6, 6.07) is 8.69. The van der Waals surface area contributed by atoms with Crippen LogP contribution in [-0.4, -0.2) is 41.7 Å². The number of nitro groups is 1. The first-order valence-corrected chi connectivity index (χ1v) is 7.25. The molecule has 0 aromatic heterocycles. The minimum atomic E-state index is -0.971. The lowest BCUT2D eigenvalue weighted by Gasteiger charge is -2.17. The molecule has 21 heavy (non-hydrogen) atoms. The third-order valence-corrected chi connectivity index (χ3v) is 3.68. The van der Waals surface area contributed by atoms with Gasteiger partial charge in [-0.2, -0.15) is 0 Å². The minimum Gasteiger partial charge on any atom is -0.386 e. The van der Waals surface area contributed by atoms with E-state index in [2.05, 4.69) is 0 Å². The molecule has 1 saturated heterocycles. The van der Waals surface area contributed by atoms with Crippen molar-refractivity contribution in [3.63, 3.8) is 0 Å². The zero-order chi connectivity index (χ0) is 15.1. The Balaban J connectivity index is 1.80. The molecule has 1 aliphatic rings. The van der Waals surface area contributed by atoms with Crippen molar-refractivity contribution in [1.82, 2.24) is 0 Å². The van der Waals surface area contributed by atoms with Gasteiger partial charge in [-0.3, -0.25) is 10.1 Å². The van der Waals surface area contributed by atoms with Crippen molar-refractivity contribution in [3.05, 3.63) is 46.0 Å². The summed E-state index contributed by atoms with van der Waals surface area (Å²) in [4.78, 5) is 10.7. The van der Waals surface area contributed by atoms with Gasteiger partial charge >= 0.3 is 0 Å². The molecule has 0 aliphatic carbocycles. The average molecular weight is 295 g/mol. The van der Waals surface area contributed by atoms with Crippen LogP contribution in [0.1, 0.15) is 24.8 Å². The zero-order valence-electron chi connectivity index (χ0n) is 11.9. The van der Waals surface area contributed by atoms with Crippen LogP contribution in [0, 0.1) is 10.1 Å². The molecule has 6 nitrogen and oxygen atoms in total. The number of aliphatic hydroxyl groups excluding tert-OH is 1. The van der Waals surface area contributed by atoms with E-state index in [1.54, 1.807) is 0 Å². The Kier molecular flexibility index (Phi) is 6.10. The van der Waals surface area contributed by atoms with Crippen LogP contribution < -0.4 is 0 Å². The van der Waals surface area contributed by atoms with E-state index >= 15 is 0 Å². The summed E-state index contributed by atoms with van der Waals surface area (Å²) in [7, 11) is 0. The quantitative estimate of drug-likeness (QED) is 0.584. The third kappa shape index (κ3) is 5.08. The van der Waals surface area contributed by atoms with E-state index in [-0.39, 0.29) is 12.7 Å². The highest BCUT2D eigenvalue weighted by Gasteiger charge is 2.31. The maximum absolute atomic E-state index is 11.1. The molecule has 0 saturated carbocycles. The van der Waals surface area contributed by atoms with Gasteiger partial charge in [-0.25, -0.2) is 0 Å². The van der Waals surface area contributed by atoms with Crippen LogP contribution in [0.2, 0.25) is 0 Å².